The molecule has 0 rings (SSSR count). The minimum atomic E-state index is -0.851. The monoisotopic (exact) mass is 1010 g/mol. The Morgan fingerprint density at radius 1 is 0.389 bits per heavy atom. The third-order valence-corrected chi connectivity index (χ3v) is 14.6. The molecule has 6 heteroatoms. The van der Waals surface area contributed by atoms with Gasteiger partial charge < -0.3 is 20.3 Å². The van der Waals surface area contributed by atoms with Crippen LogP contribution in [0.2, 0.25) is 0 Å². The highest BCUT2D eigenvalue weighted by molar-refractivity contribution is 5.76. The highest BCUT2D eigenvalue weighted by atomic mass is 16.5. The van der Waals surface area contributed by atoms with Crippen molar-refractivity contribution < 1.29 is 24.5 Å². The molecule has 3 N–H and O–H groups in total. The van der Waals surface area contributed by atoms with Crippen LogP contribution in [0.1, 0.15) is 335 Å². The second kappa shape index (κ2) is 61.4. The van der Waals surface area contributed by atoms with E-state index in [1.165, 1.54) is 250 Å². The first-order chi connectivity index (χ1) is 35.5. The number of carbonyl (C=O) groups is 2. The Bertz CT molecular complexity index is 1210. The molecule has 72 heavy (non-hydrogen) atoms. The van der Waals surface area contributed by atoms with E-state index in [0.717, 1.165) is 57.8 Å². The molecule has 0 saturated heterocycles. The van der Waals surface area contributed by atoms with E-state index < -0.39 is 12.1 Å². The molecule has 0 aliphatic carbocycles. The summed E-state index contributed by atoms with van der Waals surface area (Å²) in [4.78, 5) is 24.6. The van der Waals surface area contributed by atoms with Crippen molar-refractivity contribution in [3.63, 3.8) is 0 Å². The van der Waals surface area contributed by atoms with Crippen molar-refractivity contribution in [3.8, 4) is 0 Å². The zero-order valence-electron chi connectivity index (χ0n) is 48.2. The van der Waals surface area contributed by atoms with Crippen molar-refractivity contribution in [2.24, 2.45) is 0 Å². The fourth-order valence-electron chi connectivity index (χ4n) is 9.66. The van der Waals surface area contributed by atoms with E-state index in [1.54, 1.807) is 6.08 Å². The van der Waals surface area contributed by atoms with Crippen molar-refractivity contribution in [1.29, 1.82) is 0 Å². The van der Waals surface area contributed by atoms with Gasteiger partial charge in [0.05, 0.1) is 25.4 Å². The van der Waals surface area contributed by atoms with Crippen molar-refractivity contribution in [2.45, 2.75) is 347 Å². The summed E-state index contributed by atoms with van der Waals surface area (Å²) in [7, 11) is 0. The molecular weight excluding hydrogens is 887 g/mol. The number of rotatable bonds is 59. The molecule has 0 radical (unpaired) electrons. The summed E-state index contributed by atoms with van der Waals surface area (Å²) in [6.07, 6.45) is 78.6. The van der Waals surface area contributed by atoms with Crippen LogP contribution in [0.25, 0.3) is 0 Å². The molecule has 0 aliphatic heterocycles. The van der Waals surface area contributed by atoms with Crippen LogP contribution in [0, 0.1) is 0 Å². The number of aliphatic hydroxyl groups is 2. The van der Waals surface area contributed by atoms with E-state index in [-0.39, 0.29) is 18.5 Å². The molecule has 1 amide bonds. The summed E-state index contributed by atoms with van der Waals surface area (Å²) in [6, 6.07) is -0.636. The molecule has 0 bridgehead atoms. The van der Waals surface area contributed by atoms with Gasteiger partial charge in [0.1, 0.15) is 0 Å². The number of allylic oxidation sites excluding steroid dienone is 7. The van der Waals surface area contributed by atoms with Crippen LogP contribution in [0.3, 0.4) is 0 Å². The van der Waals surface area contributed by atoms with Gasteiger partial charge in [0.25, 0.3) is 0 Å². The van der Waals surface area contributed by atoms with Crippen LogP contribution in [0.5, 0.6) is 0 Å². The summed E-state index contributed by atoms with van der Waals surface area (Å²) in [5, 5.41) is 23.2. The van der Waals surface area contributed by atoms with Crippen LogP contribution in [0.4, 0.5) is 0 Å². The highest BCUT2D eigenvalue weighted by Crippen LogP contribution is 2.17. The SMILES string of the molecule is CCCCCC/C=C\C/C=C\CCCCCCCCCC(=O)OCCCCCCCCCCC/C=C\CCCCCCCCCC(=O)NC(CO)C(O)/C=C/CCCCCCCCCCCCCCCCC. The van der Waals surface area contributed by atoms with Gasteiger partial charge in [0.2, 0.25) is 5.91 Å². The number of esters is 1. The molecule has 0 aromatic rings. The Morgan fingerprint density at radius 2 is 0.694 bits per heavy atom. The Kier molecular flexibility index (Phi) is 59.5. The highest BCUT2D eigenvalue weighted by Gasteiger charge is 2.18. The second-order valence-corrected chi connectivity index (χ2v) is 21.7. The number of aliphatic hydroxyl groups excluding tert-OH is 2. The molecular formula is C66H123NO5. The van der Waals surface area contributed by atoms with Crippen molar-refractivity contribution >= 4 is 11.9 Å². The van der Waals surface area contributed by atoms with E-state index in [1.807, 2.05) is 6.08 Å². The summed E-state index contributed by atoms with van der Waals surface area (Å²) < 4.78 is 5.49. The number of amides is 1. The zero-order valence-corrected chi connectivity index (χ0v) is 48.2. The number of carbonyl (C=O) groups excluding carboxylic acids is 2. The molecule has 422 valence electrons. The maximum Gasteiger partial charge on any atom is 0.305 e. The molecule has 0 fully saturated rings. The maximum absolute atomic E-state index is 12.5. The Balaban J connectivity index is 3.46. The maximum atomic E-state index is 12.5. The molecule has 2 unspecified atom stereocenters. The summed E-state index contributed by atoms with van der Waals surface area (Å²) >= 11 is 0. The molecule has 0 aliphatic rings. The lowest BCUT2D eigenvalue weighted by Gasteiger charge is -2.20. The van der Waals surface area contributed by atoms with Gasteiger partial charge in [-0.1, -0.05) is 281 Å². The topological polar surface area (TPSA) is 95.9 Å². The Morgan fingerprint density at radius 3 is 1.08 bits per heavy atom. The first kappa shape index (κ1) is 69.8. The molecule has 0 aromatic heterocycles. The van der Waals surface area contributed by atoms with Crippen LogP contribution >= 0.6 is 0 Å². The number of nitrogens with one attached hydrogen (secondary N) is 1. The van der Waals surface area contributed by atoms with Crippen molar-refractivity contribution in [1.82, 2.24) is 5.32 Å². The minimum absolute atomic E-state index is 0.00190. The van der Waals surface area contributed by atoms with Gasteiger partial charge in [0, 0.05) is 12.8 Å². The quantitative estimate of drug-likeness (QED) is 0.0320. The molecule has 0 aromatic carbocycles. The predicted molar refractivity (Wildman–Crippen MR) is 315 cm³/mol. The van der Waals surface area contributed by atoms with E-state index in [9.17, 15) is 19.8 Å². The number of hydrogen-bond donors (Lipinski definition) is 3. The third kappa shape index (κ3) is 57.1. The van der Waals surface area contributed by atoms with Gasteiger partial charge in [0.15, 0.2) is 0 Å². The first-order valence-electron chi connectivity index (χ1n) is 31.9. The van der Waals surface area contributed by atoms with Crippen molar-refractivity contribution in [2.75, 3.05) is 13.2 Å². The van der Waals surface area contributed by atoms with E-state index in [4.69, 9.17) is 4.74 Å². The minimum Gasteiger partial charge on any atom is -0.466 e. The summed E-state index contributed by atoms with van der Waals surface area (Å²) in [6.45, 7) is 4.89. The van der Waals surface area contributed by atoms with E-state index >= 15 is 0 Å². The lowest BCUT2D eigenvalue weighted by Crippen LogP contribution is -2.45. The largest absolute Gasteiger partial charge is 0.466 e. The van der Waals surface area contributed by atoms with Gasteiger partial charge in [-0.25, -0.2) is 0 Å². The van der Waals surface area contributed by atoms with Crippen LogP contribution in [0.15, 0.2) is 48.6 Å². The number of hydrogen-bond acceptors (Lipinski definition) is 5. The Hall–Kier alpha value is -2.18. The van der Waals surface area contributed by atoms with Gasteiger partial charge in [-0.2, -0.15) is 0 Å². The van der Waals surface area contributed by atoms with Crippen LogP contribution in [-0.4, -0.2) is 47.4 Å². The molecule has 6 nitrogen and oxygen atoms in total. The second-order valence-electron chi connectivity index (χ2n) is 21.7. The smallest absolute Gasteiger partial charge is 0.305 e. The van der Waals surface area contributed by atoms with Crippen LogP contribution in [-0.2, 0) is 14.3 Å². The molecule has 2 atom stereocenters. The standard InChI is InChI=1S/C66H123NO5/c1-3-5-7-9-11-13-15-17-19-21-28-32-36-40-44-48-52-56-60-66(71)72-61-57-53-49-45-41-37-33-29-25-23-22-24-27-31-35-39-43-47-51-55-59-65(70)67-63(62-68)64(69)58-54-50-46-42-38-34-30-26-20-18-16-14-12-10-8-6-4-2/h13,15,19,21-22,24,54,58,63-64,68-69H,3-12,14,16-18,20,23,25-53,55-57,59-62H2,1-2H3,(H,67,70)/b15-13-,21-19-,24-22-,58-54+. The summed E-state index contributed by atoms with van der Waals surface area (Å²) in [5.74, 6) is -0.0774. The Labute approximate surface area is 448 Å². The average Bonchev–Trinajstić information content (AvgIpc) is 3.38. The van der Waals surface area contributed by atoms with E-state index in [2.05, 4.69) is 55.6 Å². The average molecular weight is 1010 g/mol. The molecule has 0 spiro atoms. The zero-order chi connectivity index (χ0) is 52.2. The fraction of sp³-hybridized carbons (Fsp3) is 0.848. The van der Waals surface area contributed by atoms with Crippen molar-refractivity contribution in [3.05, 3.63) is 48.6 Å². The van der Waals surface area contributed by atoms with E-state index in [0.29, 0.717) is 19.4 Å². The fourth-order valence-corrected chi connectivity index (χ4v) is 9.66. The van der Waals surface area contributed by atoms with Gasteiger partial charge in [-0.15, -0.1) is 0 Å². The molecule has 0 heterocycles. The number of unbranched alkanes of at least 4 members (excludes halogenated alkanes) is 42. The lowest BCUT2D eigenvalue weighted by molar-refractivity contribution is -0.143. The normalized spacial score (nSPS) is 12.9. The third-order valence-electron chi connectivity index (χ3n) is 14.6. The predicted octanol–water partition coefficient (Wildman–Crippen LogP) is 20.1. The lowest BCUT2D eigenvalue weighted by atomic mass is 10.0. The first-order valence-corrected chi connectivity index (χ1v) is 31.9. The van der Waals surface area contributed by atoms with Gasteiger partial charge in [-0.05, 0) is 89.9 Å². The van der Waals surface area contributed by atoms with Gasteiger partial charge >= 0.3 is 5.97 Å². The number of ether oxygens (including phenoxy) is 1. The van der Waals surface area contributed by atoms with Crippen LogP contribution < -0.4 is 5.32 Å². The molecule has 0 saturated carbocycles. The summed E-state index contributed by atoms with van der Waals surface area (Å²) in [5.41, 5.74) is 0. The van der Waals surface area contributed by atoms with Gasteiger partial charge in [-0.3, -0.25) is 9.59 Å².